The molecule has 29 heavy (non-hydrogen) atoms. The number of hydrogen-bond acceptors (Lipinski definition) is 6. The Balaban J connectivity index is 1.38. The van der Waals surface area contributed by atoms with Gasteiger partial charge in [0, 0.05) is 24.2 Å². The monoisotopic (exact) mass is 391 g/mol. The smallest absolute Gasteiger partial charge is 0.311 e. The number of hydrogen-bond donors (Lipinski definition) is 0. The van der Waals surface area contributed by atoms with E-state index >= 15 is 0 Å². The summed E-state index contributed by atoms with van der Waals surface area (Å²) in [4.78, 5) is 26.6. The van der Waals surface area contributed by atoms with Crippen LogP contribution in [0.1, 0.15) is 23.4 Å². The van der Waals surface area contributed by atoms with E-state index in [9.17, 15) is 9.59 Å². The second kappa shape index (κ2) is 7.87. The lowest BCUT2D eigenvalue weighted by molar-refractivity contribution is -0.150. The van der Waals surface area contributed by atoms with E-state index in [1.807, 2.05) is 62.4 Å². The Morgan fingerprint density at radius 2 is 1.93 bits per heavy atom. The van der Waals surface area contributed by atoms with Crippen LogP contribution in [0.15, 0.2) is 52.9 Å². The van der Waals surface area contributed by atoms with E-state index in [0.717, 1.165) is 22.4 Å². The minimum absolute atomic E-state index is 0.0789. The zero-order valence-corrected chi connectivity index (χ0v) is 16.3. The number of aryl methyl sites for hydroxylation is 1. The minimum atomic E-state index is -0.515. The second-order valence-electron chi connectivity index (χ2n) is 7.10. The van der Waals surface area contributed by atoms with Crippen molar-refractivity contribution < 1.29 is 18.7 Å². The van der Waals surface area contributed by atoms with Crippen molar-refractivity contribution in [3.05, 3.63) is 65.5 Å². The normalized spacial score (nSPS) is 16.3. The van der Waals surface area contributed by atoms with Crippen molar-refractivity contribution in [2.24, 2.45) is 5.92 Å². The Labute approximate surface area is 168 Å². The molecule has 1 aromatic heterocycles. The lowest BCUT2D eigenvalue weighted by Gasteiger charge is -2.20. The number of aromatic nitrogens is 2. The highest BCUT2D eigenvalue weighted by Gasteiger charge is 2.37. The molecule has 0 bridgehead atoms. The topological polar surface area (TPSA) is 85.5 Å². The predicted molar refractivity (Wildman–Crippen MR) is 106 cm³/mol. The highest BCUT2D eigenvalue weighted by molar-refractivity contribution is 6.00. The van der Waals surface area contributed by atoms with Crippen LogP contribution < -0.4 is 4.90 Å². The van der Waals surface area contributed by atoms with Gasteiger partial charge in [0.15, 0.2) is 6.61 Å². The molecule has 148 valence electrons. The van der Waals surface area contributed by atoms with Crippen molar-refractivity contribution in [2.75, 3.05) is 11.4 Å². The SMILES string of the molecule is Cc1cccc(N2C[C@@H](C(=O)OCc3nnc(-c4ccccc4)o3)CC2=O)c1C. The highest BCUT2D eigenvalue weighted by atomic mass is 16.5. The lowest BCUT2D eigenvalue weighted by Crippen LogP contribution is -2.27. The van der Waals surface area contributed by atoms with Gasteiger partial charge in [0.2, 0.25) is 11.8 Å². The summed E-state index contributed by atoms with van der Waals surface area (Å²) < 4.78 is 10.9. The number of carbonyl (C=O) groups is 2. The fourth-order valence-electron chi connectivity index (χ4n) is 3.39. The van der Waals surface area contributed by atoms with Gasteiger partial charge in [-0.2, -0.15) is 0 Å². The summed E-state index contributed by atoms with van der Waals surface area (Å²) in [5, 5.41) is 7.89. The van der Waals surface area contributed by atoms with Crippen LogP contribution in [0, 0.1) is 19.8 Å². The van der Waals surface area contributed by atoms with Crippen molar-refractivity contribution in [3.63, 3.8) is 0 Å². The number of amides is 1. The van der Waals surface area contributed by atoms with Gasteiger partial charge in [0.1, 0.15) is 0 Å². The van der Waals surface area contributed by atoms with Crippen molar-refractivity contribution >= 4 is 17.6 Å². The van der Waals surface area contributed by atoms with Crippen molar-refractivity contribution in [3.8, 4) is 11.5 Å². The Hall–Kier alpha value is -3.48. The zero-order valence-electron chi connectivity index (χ0n) is 16.3. The van der Waals surface area contributed by atoms with Crippen LogP contribution >= 0.6 is 0 Å². The Morgan fingerprint density at radius 1 is 1.14 bits per heavy atom. The summed E-state index contributed by atoms with van der Waals surface area (Å²) >= 11 is 0. The molecule has 0 aliphatic carbocycles. The Kier molecular flexibility index (Phi) is 5.12. The number of ether oxygens (including phenoxy) is 1. The third-order valence-corrected chi connectivity index (χ3v) is 5.15. The van der Waals surface area contributed by atoms with Crippen molar-refractivity contribution in [2.45, 2.75) is 26.9 Å². The van der Waals surface area contributed by atoms with Gasteiger partial charge in [-0.05, 0) is 43.2 Å². The highest BCUT2D eigenvalue weighted by Crippen LogP contribution is 2.30. The molecular weight excluding hydrogens is 370 g/mol. The Bertz CT molecular complexity index is 1050. The average molecular weight is 391 g/mol. The van der Waals surface area contributed by atoms with Crippen LogP contribution in [0.3, 0.4) is 0 Å². The molecule has 7 heteroatoms. The number of anilines is 1. The van der Waals surface area contributed by atoms with Crippen LogP contribution in [-0.4, -0.2) is 28.6 Å². The summed E-state index contributed by atoms with van der Waals surface area (Å²) in [7, 11) is 0. The first-order valence-electron chi connectivity index (χ1n) is 9.44. The van der Waals surface area contributed by atoms with Crippen LogP contribution in [0.5, 0.6) is 0 Å². The van der Waals surface area contributed by atoms with Gasteiger partial charge in [0.25, 0.3) is 5.89 Å². The molecule has 1 aliphatic heterocycles. The number of nitrogens with zero attached hydrogens (tertiary/aromatic N) is 3. The Morgan fingerprint density at radius 3 is 2.72 bits per heavy atom. The van der Waals surface area contributed by atoms with E-state index < -0.39 is 11.9 Å². The fourth-order valence-corrected chi connectivity index (χ4v) is 3.39. The van der Waals surface area contributed by atoms with E-state index in [4.69, 9.17) is 9.15 Å². The molecule has 2 heterocycles. The maximum Gasteiger partial charge on any atom is 0.311 e. The third-order valence-electron chi connectivity index (χ3n) is 5.15. The van der Waals surface area contributed by atoms with Gasteiger partial charge in [-0.15, -0.1) is 10.2 Å². The van der Waals surface area contributed by atoms with Crippen LogP contribution in [0.2, 0.25) is 0 Å². The summed E-state index contributed by atoms with van der Waals surface area (Å²) in [6.07, 6.45) is 0.130. The molecule has 0 spiro atoms. The van der Waals surface area contributed by atoms with Crippen LogP contribution in [-0.2, 0) is 20.9 Å². The predicted octanol–water partition coefficient (Wildman–Crippen LogP) is 3.45. The molecule has 1 atom stereocenters. The minimum Gasteiger partial charge on any atom is -0.455 e. The molecule has 7 nitrogen and oxygen atoms in total. The molecule has 1 amide bonds. The number of carbonyl (C=O) groups excluding carboxylic acids is 2. The third kappa shape index (κ3) is 3.89. The van der Waals surface area contributed by atoms with Gasteiger partial charge >= 0.3 is 5.97 Å². The first kappa shape index (κ1) is 18.9. The van der Waals surface area contributed by atoms with Crippen molar-refractivity contribution in [1.82, 2.24) is 10.2 Å². The first-order valence-corrected chi connectivity index (χ1v) is 9.44. The number of esters is 1. The molecule has 2 aromatic carbocycles. The maximum atomic E-state index is 12.5. The zero-order chi connectivity index (χ0) is 20.4. The van der Waals surface area contributed by atoms with Crippen LogP contribution in [0.25, 0.3) is 11.5 Å². The largest absolute Gasteiger partial charge is 0.455 e. The van der Waals surface area contributed by atoms with E-state index in [0.29, 0.717) is 12.4 Å². The molecule has 1 saturated heterocycles. The van der Waals surface area contributed by atoms with Gasteiger partial charge < -0.3 is 14.1 Å². The average Bonchev–Trinajstić information content (AvgIpc) is 3.36. The van der Waals surface area contributed by atoms with Gasteiger partial charge in [-0.1, -0.05) is 30.3 Å². The molecular formula is C22H21N3O4. The standard InChI is InChI=1S/C22H21N3O4/c1-14-7-6-10-18(15(14)2)25-12-17(11-20(25)26)22(27)28-13-19-23-24-21(29-19)16-8-4-3-5-9-16/h3-10,17H,11-13H2,1-2H3/t17-/m0/s1. The van der Waals surface area contributed by atoms with Gasteiger partial charge in [-0.25, -0.2) is 0 Å². The molecule has 1 fully saturated rings. The lowest BCUT2D eigenvalue weighted by atomic mass is 10.1. The molecule has 4 rings (SSSR count). The molecule has 1 aliphatic rings. The first-order chi connectivity index (χ1) is 14.0. The fraction of sp³-hybridized carbons (Fsp3) is 0.273. The number of benzene rings is 2. The number of rotatable bonds is 5. The van der Waals surface area contributed by atoms with E-state index in [-0.39, 0.29) is 24.8 Å². The van der Waals surface area contributed by atoms with Crippen LogP contribution in [0.4, 0.5) is 5.69 Å². The van der Waals surface area contributed by atoms with Crippen molar-refractivity contribution in [1.29, 1.82) is 0 Å². The van der Waals surface area contributed by atoms with E-state index in [1.54, 1.807) is 4.90 Å². The van der Waals surface area contributed by atoms with E-state index in [1.165, 1.54) is 0 Å². The molecule has 3 aromatic rings. The summed E-state index contributed by atoms with van der Waals surface area (Å²) in [6, 6.07) is 15.2. The van der Waals surface area contributed by atoms with Gasteiger partial charge in [-0.3, -0.25) is 9.59 Å². The molecule has 0 N–H and O–H groups in total. The summed E-state index contributed by atoms with van der Waals surface area (Å²) in [5.74, 6) is -0.448. The molecule has 0 radical (unpaired) electrons. The quantitative estimate of drug-likeness (QED) is 0.619. The van der Waals surface area contributed by atoms with E-state index in [2.05, 4.69) is 10.2 Å². The second-order valence-corrected chi connectivity index (χ2v) is 7.10. The maximum absolute atomic E-state index is 12.5. The summed E-state index contributed by atoms with van der Waals surface area (Å²) in [6.45, 7) is 4.16. The van der Waals surface area contributed by atoms with Gasteiger partial charge in [0.05, 0.1) is 5.92 Å². The molecule has 0 unspecified atom stereocenters. The summed E-state index contributed by atoms with van der Waals surface area (Å²) in [5.41, 5.74) is 3.78. The molecule has 0 saturated carbocycles.